The molecule has 0 aliphatic rings. The second-order valence-corrected chi connectivity index (χ2v) is 3.68. The van der Waals surface area contributed by atoms with Gasteiger partial charge in [0.2, 0.25) is 0 Å². The fourth-order valence-corrected chi connectivity index (χ4v) is 1.25. The Bertz CT molecular complexity index is 165. The Hall–Kier alpha value is 2.45. The molecule has 0 atom stereocenters. The second-order valence-electron chi connectivity index (χ2n) is 1.06. The van der Waals surface area contributed by atoms with Crippen molar-refractivity contribution < 1.29 is 55.3 Å². The van der Waals surface area contributed by atoms with Gasteiger partial charge in [0.15, 0.2) is 0 Å². The average molecular weight is 383 g/mol. The molecule has 0 heterocycles. The van der Waals surface area contributed by atoms with Crippen LogP contribution in [0.4, 0.5) is 0 Å². The summed E-state index contributed by atoms with van der Waals surface area (Å²) in [6.07, 6.45) is 0. The van der Waals surface area contributed by atoms with Gasteiger partial charge < -0.3 is 22.4 Å². The predicted octanol–water partition coefficient (Wildman–Crippen LogP) is -0.970. The monoisotopic (exact) mass is 382 g/mol. The molecule has 0 aromatic heterocycles. The van der Waals surface area contributed by atoms with Gasteiger partial charge in [-0.05, 0) is 0 Å². The van der Waals surface area contributed by atoms with E-state index in [1.807, 2.05) is 0 Å². The van der Waals surface area contributed by atoms with Crippen LogP contribution in [0.15, 0.2) is 0 Å². The standard InChI is InChI=1S/Ba.H4O7P2.Zn.2H/c;1-8(2,3)7-9(4,5)6;;;/h;(H2,1,2,3)(H2,4,5,6);;;/q+2;;;2*-1. The Morgan fingerprint density at radius 1 is 1.00 bits per heavy atom. The van der Waals surface area contributed by atoms with E-state index in [-0.39, 0.29) is 71.2 Å². The zero-order chi connectivity index (χ0) is 7.71. The number of hydrogen-bond donors (Lipinski definition) is 4. The molecule has 0 saturated heterocycles. The van der Waals surface area contributed by atoms with Crippen LogP contribution in [-0.2, 0) is 32.9 Å². The van der Waals surface area contributed by atoms with Gasteiger partial charge in [0.1, 0.15) is 0 Å². The van der Waals surface area contributed by atoms with Crippen LogP contribution in [0.25, 0.3) is 0 Å². The van der Waals surface area contributed by atoms with Crippen molar-refractivity contribution in [2.24, 2.45) is 0 Å². The first-order chi connectivity index (χ1) is 3.71. The summed E-state index contributed by atoms with van der Waals surface area (Å²) in [4.78, 5) is 31.0. The average Bonchev–Trinajstić information content (AvgIpc) is 1.14. The van der Waals surface area contributed by atoms with Crippen LogP contribution in [0.1, 0.15) is 2.85 Å². The molecule has 62 valence electrons. The van der Waals surface area contributed by atoms with Gasteiger partial charge in [-0.1, -0.05) is 0 Å². The largest absolute Gasteiger partial charge is 2.00 e. The molecule has 11 heavy (non-hydrogen) atoms. The maximum Gasteiger partial charge on any atom is 2.00 e. The summed E-state index contributed by atoms with van der Waals surface area (Å²) >= 11 is 0. The zero-order valence-corrected chi connectivity index (χ0v) is 14.5. The van der Waals surface area contributed by atoms with E-state index in [0.717, 1.165) is 0 Å². The molecule has 0 aliphatic heterocycles. The first-order valence-electron chi connectivity index (χ1n) is 1.53. The van der Waals surface area contributed by atoms with Crippen molar-refractivity contribution in [3.05, 3.63) is 0 Å². The molecule has 0 spiro atoms. The Labute approximate surface area is 118 Å². The van der Waals surface area contributed by atoms with Crippen LogP contribution in [0, 0.1) is 0 Å². The Balaban J connectivity index is -0.0000000533. The molecule has 0 aliphatic carbocycles. The van der Waals surface area contributed by atoms with Crippen molar-refractivity contribution in [3.8, 4) is 0 Å². The van der Waals surface area contributed by atoms with Gasteiger partial charge in [-0.15, -0.1) is 0 Å². The van der Waals surface area contributed by atoms with E-state index in [4.69, 9.17) is 19.6 Å². The van der Waals surface area contributed by atoms with Gasteiger partial charge in [-0.2, -0.15) is 4.31 Å². The van der Waals surface area contributed by atoms with Gasteiger partial charge in [0, 0.05) is 19.5 Å². The molecule has 0 unspecified atom stereocenters. The molecule has 4 N–H and O–H groups in total. The summed E-state index contributed by atoms with van der Waals surface area (Å²) in [7, 11) is -10.1. The normalized spacial score (nSPS) is 11.3. The predicted molar refractivity (Wildman–Crippen MR) is 33.2 cm³/mol. The van der Waals surface area contributed by atoms with Crippen molar-refractivity contribution >= 4 is 64.5 Å². The van der Waals surface area contributed by atoms with Crippen LogP contribution in [0.5, 0.6) is 0 Å². The Morgan fingerprint density at radius 3 is 1.18 bits per heavy atom. The third-order valence-corrected chi connectivity index (χ3v) is 1.91. The molecule has 0 amide bonds. The molecular weight excluding hydrogens is 377 g/mol. The molecule has 0 radical (unpaired) electrons. The molecule has 0 saturated carbocycles. The summed E-state index contributed by atoms with van der Waals surface area (Å²) in [5, 5.41) is 0. The molecule has 7 nitrogen and oxygen atoms in total. The van der Waals surface area contributed by atoms with E-state index < -0.39 is 15.6 Å². The quantitative estimate of drug-likeness (QED) is 0.358. The summed E-state index contributed by atoms with van der Waals surface area (Å²) < 4.78 is 22.2. The van der Waals surface area contributed by atoms with Crippen molar-refractivity contribution in [2.45, 2.75) is 0 Å². The van der Waals surface area contributed by atoms with Gasteiger partial charge in [0.25, 0.3) is 0 Å². The van der Waals surface area contributed by atoms with E-state index in [1.165, 1.54) is 0 Å². The van der Waals surface area contributed by atoms with E-state index in [9.17, 15) is 9.13 Å². The number of hydrogen-bond acceptors (Lipinski definition) is 3. The van der Waals surface area contributed by atoms with Crippen molar-refractivity contribution in [3.63, 3.8) is 0 Å². The van der Waals surface area contributed by atoms with Gasteiger partial charge in [-0.3, -0.25) is 0 Å². The van der Waals surface area contributed by atoms with Crippen LogP contribution in [0.3, 0.4) is 0 Å². The smallest absolute Gasteiger partial charge is 1.00 e. The Kier molecular flexibility index (Phi) is 11.9. The third kappa shape index (κ3) is 19.0. The van der Waals surface area contributed by atoms with Crippen molar-refractivity contribution in [2.75, 3.05) is 0 Å². The molecular formula is H6BaO7P2Zn. The summed E-state index contributed by atoms with van der Waals surface area (Å²) in [6, 6.07) is 0. The van der Waals surface area contributed by atoms with Gasteiger partial charge in [-0.25, -0.2) is 9.13 Å². The van der Waals surface area contributed by atoms with Crippen LogP contribution < -0.4 is 0 Å². The molecule has 0 rings (SSSR count). The third-order valence-electron chi connectivity index (χ3n) is 0.213. The number of phosphoric acid groups is 2. The summed E-state index contributed by atoms with van der Waals surface area (Å²) in [5.41, 5.74) is 0. The summed E-state index contributed by atoms with van der Waals surface area (Å²) in [5.74, 6) is 0. The molecule has 0 fully saturated rings. The first-order valence-corrected chi connectivity index (χ1v) is 4.59. The number of rotatable bonds is 2. The minimum atomic E-state index is -5.05. The fraction of sp³-hybridized carbons (Fsp3) is 0. The molecule has 0 aromatic rings. The van der Waals surface area contributed by atoms with Gasteiger partial charge in [0.05, 0.1) is 0 Å². The zero-order valence-electron chi connectivity index (χ0n) is 7.32. The molecule has 11 heteroatoms. The minimum absolute atomic E-state index is 0. The van der Waals surface area contributed by atoms with E-state index in [1.54, 1.807) is 0 Å². The second kappa shape index (κ2) is 6.84. The first kappa shape index (κ1) is 19.1. The maximum atomic E-state index is 9.63. The fourth-order valence-electron chi connectivity index (χ4n) is 0.139. The van der Waals surface area contributed by atoms with E-state index in [2.05, 4.69) is 4.31 Å². The van der Waals surface area contributed by atoms with Crippen LogP contribution in [0.2, 0.25) is 0 Å². The molecule has 0 aromatic carbocycles. The maximum absolute atomic E-state index is 9.63. The van der Waals surface area contributed by atoms with Crippen LogP contribution in [-0.4, -0.2) is 68.5 Å². The van der Waals surface area contributed by atoms with Gasteiger partial charge >= 0.3 is 64.5 Å². The minimum Gasteiger partial charge on any atom is -1.00 e. The van der Waals surface area contributed by atoms with E-state index in [0.29, 0.717) is 0 Å². The van der Waals surface area contributed by atoms with Crippen molar-refractivity contribution in [1.82, 2.24) is 0 Å². The summed E-state index contributed by atoms with van der Waals surface area (Å²) in [6.45, 7) is 0. The van der Waals surface area contributed by atoms with E-state index >= 15 is 0 Å². The topological polar surface area (TPSA) is 124 Å². The van der Waals surface area contributed by atoms with Crippen LogP contribution >= 0.6 is 15.6 Å². The SMILES string of the molecule is O=P(O)(O)OP(=O)(O)O.[Ba+2].[H-].[H-].[Zn]. The Morgan fingerprint density at radius 2 is 1.18 bits per heavy atom. The molecule has 0 bridgehead atoms. The van der Waals surface area contributed by atoms with Crippen molar-refractivity contribution in [1.29, 1.82) is 0 Å².